The van der Waals surface area contributed by atoms with E-state index < -0.39 is 0 Å². The topological polar surface area (TPSA) is 71.8 Å². The summed E-state index contributed by atoms with van der Waals surface area (Å²) in [5.74, 6) is 0.872. The Bertz CT molecular complexity index is 1040. The molecule has 29 heavy (non-hydrogen) atoms. The summed E-state index contributed by atoms with van der Waals surface area (Å²) < 4.78 is 11.2. The van der Waals surface area contributed by atoms with E-state index in [4.69, 9.17) is 9.15 Å². The van der Waals surface area contributed by atoms with Crippen LogP contribution in [0.1, 0.15) is 24.2 Å². The zero-order valence-corrected chi connectivity index (χ0v) is 17.0. The number of amides is 1. The first-order valence-electron chi connectivity index (χ1n) is 9.79. The van der Waals surface area contributed by atoms with Gasteiger partial charge in [0.15, 0.2) is 11.0 Å². The highest BCUT2D eigenvalue weighted by Crippen LogP contribution is 2.26. The Hall–Kier alpha value is -3.12. The minimum Gasteiger partial charge on any atom is -0.497 e. The third-order valence-electron chi connectivity index (χ3n) is 4.98. The molecule has 1 heterocycles. The number of fused-ring (bicyclic) bond motifs is 1. The molecular formula is C23H26N2O4. The number of carbonyl (C=O) groups is 1. The molecule has 3 aromatic rings. The molecule has 2 aromatic carbocycles. The summed E-state index contributed by atoms with van der Waals surface area (Å²) in [7, 11) is 1.59. The van der Waals surface area contributed by atoms with Crippen LogP contribution in [0.15, 0.2) is 57.7 Å². The molecule has 0 spiro atoms. The van der Waals surface area contributed by atoms with E-state index in [0.717, 1.165) is 25.2 Å². The molecule has 6 heteroatoms. The smallest absolute Gasteiger partial charge is 0.255 e. The van der Waals surface area contributed by atoms with E-state index in [1.807, 2.05) is 12.1 Å². The predicted molar refractivity (Wildman–Crippen MR) is 115 cm³/mol. The number of methoxy groups -OCH3 is 1. The summed E-state index contributed by atoms with van der Waals surface area (Å²) in [6.45, 7) is 7.34. The van der Waals surface area contributed by atoms with Crippen LogP contribution in [0.25, 0.3) is 22.3 Å². The van der Waals surface area contributed by atoms with E-state index in [9.17, 15) is 9.59 Å². The number of nitrogens with zero attached hydrogens (tertiary/aromatic N) is 1. The van der Waals surface area contributed by atoms with Crippen molar-refractivity contribution in [1.29, 1.82) is 0 Å². The zero-order chi connectivity index (χ0) is 20.8. The number of hydrogen-bond acceptors (Lipinski definition) is 5. The molecule has 0 saturated carbocycles. The second kappa shape index (κ2) is 9.39. The van der Waals surface area contributed by atoms with E-state index in [2.05, 4.69) is 24.1 Å². The van der Waals surface area contributed by atoms with Gasteiger partial charge in [0, 0.05) is 24.7 Å². The number of ether oxygens (including phenoxy) is 1. The Kier molecular flexibility index (Phi) is 6.67. The largest absolute Gasteiger partial charge is 0.497 e. The minimum absolute atomic E-state index is 0.185. The molecule has 0 aliphatic heterocycles. The van der Waals surface area contributed by atoms with Gasteiger partial charge in [-0.2, -0.15) is 0 Å². The Morgan fingerprint density at radius 2 is 1.83 bits per heavy atom. The molecule has 152 valence electrons. The number of hydrogen-bond donors (Lipinski definition) is 1. The lowest BCUT2D eigenvalue weighted by Crippen LogP contribution is -2.34. The highest BCUT2D eigenvalue weighted by atomic mass is 16.5. The van der Waals surface area contributed by atoms with Crippen LogP contribution in [0, 0.1) is 0 Å². The number of para-hydroxylation sites is 1. The van der Waals surface area contributed by atoms with Crippen molar-refractivity contribution in [2.75, 3.05) is 33.3 Å². The first-order valence-corrected chi connectivity index (χ1v) is 9.79. The third kappa shape index (κ3) is 4.66. The maximum atomic E-state index is 12.8. The van der Waals surface area contributed by atoms with E-state index in [1.165, 1.54) is 6.07 Å². The number of likely N-dealkylation sites (N-methyl/N-ethyl adjacent to an activating group) is 1. The van der Waals surface area contributed by atoms with Crippen molar-refractivity contribution in [3.8, 4) is 17.1 Å². The molecule has 0 unspecified atom stereocenters. The summed E-state index contributed by atoms with van der Waals surface area (Å²) in [4.78, 5) is 27.6. The zero-order valence-electron chi connectivity index (χ0n) is 17.0. The van der Waals surface area contributed by atoms with Crippen LogP contribution in [0.5, 0.6) is 5.75 Å². The highest BCUT2D eigenvalue weighted by Gasteiger charge is 2.15. The van der Waals surface area contributed by atoms with E-state index in [1.54, 1.807) is 37.4 Å². The van der Waals surface area contributed by atoms with Gasteiger partial charge in [-0.15, -0.1) is 0 Å². The molecule has 1 N–H and O–H groups in total. The van der Waals surface area contributed by atoms with Gasteiger partial charge in [0.25, 0.3) is 5.91 Å². The van der Waals surface area contributed by atoms with Crippen LogP contribution >= 0.6 is 0 Å². The molecule has 1 amide bonds. The SMILES string of the molecule is CCN(CC)CCNC(=O)c1cccc2c(=O)cc(-c3ccc(OC)cc3)oc12. The Balaban J connectivity index is 1.92. The average molecular weight is 394 g/mol. The monoisotopic (exact) mass is 394 g/mol. The molecule has 3 rings (SSSR count). The first-order chi connectivity index (χ1) is 14.1. The Labute approximate surface area is 170 Å². The van der Waals surface area contributed by atoms with Crippen molar-refractivity contribution in [3.05, 3.63) is 64.3 Å². The van der Waals surface area contributed by atoms with Crippen molar-refractivity contribution >= 4 is 16.9 Å². The molecular weight excluding hydrogens is 368 g/mol. The fraction of sp³-hybridized carbons (Fsp3) is 0.304. The lowest BCUT2D eigenvalue weighted by molar-refractivity contribution is 0.0949. The molecule has 0 bridgehead atoms. The number of rotatable bonds is 8. The fourth-order valence-electron chi connectivity index (χ4n) is 3.22. The summed E-state index contributed by atoms with van der Waals surface area (Å²) in [5.41, 5.74) is 1.21. The van der Waals surface area contributed by atoms with Gasteiger partial charge in [-0.05, 0) is 49.5 Å². The summed E-state index contributed by atoms with van der Waals surface area (Å²) in [6.07, 6.45) is 0. The minimum atomic E-state index is -0.252. The second-order valence-electron chi connectivity index (χ2n) is 6.67. The quantitative estimate of drug-likeness (QED) is 0.633. The van der Waals surface area contributed by atoms with Gasteiger partial charge in [0.1, 0.15) is 11.5 Å². The van der Waals surface area contributed by atoms with Crippen molar-refractivity contribution in [2.24, 2.45) is 0 Å². The molecule has 0 atom stereocenters. The molecule has 1 aromatic heterocycles. The van der Waals surface area contributed by atoms with Gasteiger partial charge in [-0.3, -0.25) is 9.59 Å². The maximum absolute atomic E-state index is 12.8. The van der Waals surface area contributed by atoms with Crippen molar-refractivity contribution in [3.63, 3.8) is 0 Å². The van der Waals surface area contributed by atoms with Crippen LogP contribution in [0.2, 0.25) is 0 Å². The number of nitrogens with one attached hydrogen (secondary N) is 1. The number of benzene rings is 2. The van der Waals surface area contributed by atoms with Gasteiger partial charge in [-0.25, -0.2) is 0 Å². The van der Waals surface area contributed by atoms with Crippen LogP contribution in [-0.2, 0) is 0 Å². The van der Waals surface area contributed by atoms with Crippen molar-refractivity contribution in [2.45, 2.75) is 13.8 Å². The van der Waals surface area contributed by atoms with E-state index in [-0.39, 0.29) is 11.3 Å². The van der Waals surface area contributed by atoms with Crippen molar-refractivity contribution < 1.29 is 13.9 Å². The molecule has 0 saturated heterocycles. The lowest BCUT2D eigenvalue weighted by Gasteiger charge is -2.18. The molecule has 0 radical (unpaired) electrons. The van der Waals surface area contributed by atoms with Gasteiger partial charge >= 0.3 is 0 Å². The van der Waals surface area contributed by atoms with E-state index >= 15 is 0 Å². The fourth-order valence-corrected chi connectivity index (χ4v) is 3.22. The maximum Gasteiger partial charge on any atom is 0.255 e. The normalized spacial score (nSPS) is 11.0. The highest BCUT2D eigenvalue weighted by molar-refractivity contribution is 6.04. The summed E-state index contributed by atoms with van der Waals surface area (Å²) in [6, 6.07) is 13.7. The first kappa shape index (κ1) is 20.6. The standard InChI is InChI=1S/C23H26N2O4/c1-4-25(5-2)14-13-24-23(27)19-8-6-7-18-20(26)15-21(29-22(18)19)16-9-11-17(28-3)12-10-16/h6-12,15H,4-5,13-14H2,1-3H3,(H,24,27). The van der Waals surface area contributed by atoms with Gasteiger partial charge in [0.05, 0.1) is 18.1 Å². The molecule has 0 fully saturated rings. The molecule has 0 aliphatic rings. The van der Waals surface area contributed by atoms with Crippen LogP contribution in [0.3, 0.4) is 0 Å². The number of carbonyl (C=O) groups excluding carboxylic acids is 1. The summed E-state index contributed by atoms with van der Waals surface area (Å²) in [5, 5.41) is 3.31. The van der Waals surface area contributed by atoms with Crippen LogP contribution in [-0.4, -0.2) is 44.1 Å². The second-order valence-corrected chi connectivity index (χ2v) is 6.67. The third-order valence-corrected chi connectivity index (χ3v) is 4.98. The van der Waals surface area contributed by atoms with Gasteiger partial charge in [0.2, 0.25) is 0 Å². The Morgan fingerprint density at radius 1 is 1.10 bits per heavy atom. The average Bonchev–Trinajstić information content (AvgIpc) is 2.76. The van der Waals surface area contributed by atoms with Gasteiger partial charge < -0.3 is 19.4 Å². The summed E-state index contributed by atoms with van der Waals surface area (Å²) >= 11 is 0. The predicted octanol–water partition coefficient (Wildman–Crippen LogP) is 3.54. The Morgan fingerprint density at radius 3 is 2.48 bits per heavy atom. The van der Waals surface area contributed by atoms with Crippen LogP contribution < -0.4 is 15.5 Å². The van der Waals surface area contributed by atoms with Gasteiger partial charge in [-0.1, -0.05) is 19.9 Å². The molecule has 6 nitrogen and oxygen atoms in total. The van der Waals surface area contributed by atoms with Crippen molar-refractivity contribution in [1.82, 2.24) is 10.2 Å². The van der Waals surface area contributed by atoms with E-state index in [0.29, 0.717) is 34.6 Å². The van der Waals surface area contributed by atoms with Crippen LogP contribution in [0.4, 0.5) is 0 Å². The lowest BCUT2D eigenvalue weighted by atomic mass is 10.1. The molecule has 0 aliphatic carbocycles.